The van der Waals surface area contributed by atoms with Gasteiger partial charge in [-0.1, -0.05) is 12.1 Å². The summed E-state index contributed by atoms with van der Waals surface area (Å²) >= 11 is 0. The minimum atomic E-state index is -0.448. The van der Waals surface area contributed by atoms with Crippen LogP contribution in [0.25, 0.3) is 0 Å². The molecule has 0 bridgehead atoms. The summed E-state index contributed by atoms with van der Waals surface area (Å²) in [5.74, 6) is 0.188. The average molecular weight is 195 g/mol. The zero-order chi connectivity index (χ0) is 10.4. The van der Waals surface area contributed by atoms with Crippen LogP contribution in [0.15, 0.2) is 24.3 Å². The molecule has 0 unspecified atom stereocenters. The van der Waals surface area contributed by atoms with Crippen LogP contribution in [0.1, 0.15) is 12.5 Å². The topological polar surface area (TPSA) is 58.6 Å². The van der Waals surface area contributed by atoms with Crippen LogP contribution in [0.5, 0.6) is 5.75 Å². The summed E-state index contributed by atoms with van der Waals surface area (Å²) in [5, 5.41) is 11.7. The van der Waals surface area contributed by atoms with Crippen LogP contribution < -0.4 is 5.32 Å². The third kappa shape index (κ3) is 3.35. The number of aromatic hydroxyl groups is 1. The molecule has 1 aromatic rings. The van der Waals surface area contributed by atoms with Gasteiger partial charge in [0.2, 0.25) is 0 Å². The fourth-order valence-electron chi connectivity index (χ4n) is 1.02. The van der Waals surface area contributed by atoms with E-state index in [1.165, 1.54) is 0 Å². The lowest BCUT2D eigenvalue weighted by Gasteiger charge is -2.05. The lowest BCUT2D eigenvalue weighted by molar-refractivity contribution is 0.151. The Hall–Kier alpha value is -1.71. The number of rotatable bonds is 3. The van der Waals surface area contributed by atoms with Gasteiger partial charge in [0.25, 0.3) is 0 Å². The monoisotopic (exact) mass is 195 g/mol. The Balaban J connectivity index is 2.41. The smallest absolute Gasteiger partial charge is 0.407 e. The normalized spacial score (nSPS) is 9.50. The highest BCUT2D eigenvalue weighted by Crippen LogP contribution is 2.10. The Morgan fingerprint density at radius 1 is 1.57 bits per heavy atom. The summed E-state index contributed by atoms with van der Waals surface area (Å²) < 4.78 is 4.68. The number of carbonyl (C=O) groups is 1. The number of benzene rings is 1. The second kappa shape index (κ2) is 5.11. The van der Waals surface area contributed by atoms with Gasteiger partial charge in [-0.2, -0.15) is 0 Å². The quantitative estimate of drug-likeness (QED) is 0.770. The van der Waals surface area contributed by atoms with Gasteiger partial charge in [0.1, 0.15) is 5.75 Å². The maximum absolute atomic E-state index is 10.9. The molecule has 0 aliphatic carbocycles. The standard InChI is InChI=1S/C10H13NO3/c1-2-14-10(13)11-7-8-4-3-5-9(12)6-8/h3-6,12H,2,7H2,1H3,(H,11,13). The van der Waals surface area contributed by atoms with Gasteiger partial charge >= 0.3 is 6.09 Å². The Kier molecular flexibility index (Phi) is 3.79. The zero-order valence-corrected chi connectivity index (χ0v) is 7.99. The lowest BCUT2D eigenvalue weighted by atomic mass is 10.2. The van der Waals surface area contributed by atoms with E-state index in [9.17, 15) is 4.79 Å². The largest absolute Gasteiger partial charge is 0.508 e. The van der Waals surface area contributed by atoms with Crippen LogP contribution in [-0.4, -0.2) is 17.8 Å². The third-order valence-electron chi connectivity index (χ3n) is 1.62. The van der Waals surface area contributed by atoms with Crippen molar-refractivity contribution in [3.05, 3.63) is 29.8 Å². The van der Waals surface area contributed by atoms with E-state index in [0.29, 0.717) is 13.2 Å². The molecule has 0 saturated heterocycles. The summed E-state index contributed by atoms with van der Waals surface area (Å²) in [7, 11) is 0. The summed E-state index contributed by atoms with van der Waals surface area (Å²) in [6, 6.07) is 6.70. The van der Waals surface area contributed by atoms with Gasteiger partial charge in [-0.3, -0.25) is 0 Å². The van der Waals surface area contributed by atoms with Crippen molar-refractivity contribution >= 4 is 6.09 Å². The SMILES string of the molecule is CCOC(=O)NCc1cccc(O)c1. The fourth-order valence-corrected chi connectivity index (χ4v) is 1.02. The Morgan fingerprint density at radius 3 is 3.00 bits per heavy atom. The maximum atomic E-state index is 10.9. The Labute approximate surface area is 82.5 Å². The number of phenols is 1. The molecule has 2 N–H and O–H groups in total. The first-order valence-corrected chi connectivity index (χ1v) is 4.41. The van der Waals surface area contributed by atoms with Crippen molar-refractivity contribution in [3.8, 4) is 5.75 Å². The highest BCUT2D eigenvalue weighted by Gasteiger charge is 2.00. The van der Waals surface area contributed by atoms with Crippen molar-refractivity contribution < 1.29 is 14.6 Å². The van der Waals surface area contributed by atoms with Crippen LogP contribution in [0.3, 0.4) is 0 Å². The van der Waals surface area contributed by atoms with Crippen LogP contribution >= 0.6 is 0 Å². The minimum Gasteiger partial charge on any atom is -0.508 e. The summed E-state index contributed by atoms with van der Waals surface area (Å²) in [4.78, 5) is 10.9. The number of ether oxygens (including phenoxy) is 1. The first kappa shape index (κ1) is 10.4. The molecular weight excluding hydrogens is 182 g/mol. The molecule has 0 radical (unpaired) electrons. The second-order valence-electron chi connectivity index (χ2n) is 2.74. The summed E-state index contributed by atoms with van der Waals surface area (Å²) in [6.45, 7) is 2.45. The average Bonchev–Trinajstić information content (AvgIpc) is 2.15. The van der Waals surface area contributed by atoms with E-state index in [4.69, 9.17) is 5.11 Å². The molecule has 4 heteroatoms. The van der Waals surface area contributed by atoms with E-state index < -0.39 is 6.09 Å². The molecule has 0 atom stereocenters. The fraction of sp³-hybridized carbons (Fsp3) is 0.300. The molecule has 1 rings (SSSR count). The van der Waals surface area contributed by atoms with E-state index in [1.54, 1.807) is 25.1 Å². The van der Waals surface area contributed by atoms with E-state index in [2.05, 4.69) is 10.1 Å². The first-order valence-electron chi connectivity index (χ1n) is 4.41. The van der Waals surface area contributed by atoms with Gasteiger partial charge in [-0.25, -0.2) is 4.79 Å². The number of alkyl carbamates (subject to hydrolysis) is 1. The van der Waals surface area contributed by atoms with Crippen molar-refractivity contribution in [3.63, 3.8) is 0 Å². The van der Waals surface area contributed by atoms with Gasteiger partial charge in [-0.05, 0) is 24.6 Å². The predicted molar refractivity (Wildman–Crippen MR) is 52.0 cm³/mol. The molecule has 76 valence electrons. The highest BCUT2D eigenvalue weighted by atomic mass is 16.5. The van der Waals surface area contributed by atoms with E-state index in [0.717, 1.165) is 5.56 Å². The minimum absolute atomic E-state index is 0.188. The Morgan fingerprint density at radius 2 is 2.36 bits per heavy atom. The number of amides is 1. The molecule has 4 nitrogen and oxygen atoms in total. The number of phenolic OH excluding ortho intramolecular Hbond substituents is 1. The number of carbonyl (C=O) groups excluding carboxylic acids is 1. The summed E-state index contributed by atoms with van der Waals surface area (Å²) in [6.07, 6.45) is -0.448. The Bertz CT molecular complexity index is 312. The molecule has 0 spiro atoms. The molecular formula is C10H13NO3. The molecule has 1 aromatic carbocycles. The third-order valence-corrected chi connectivity index (χ3v) is 1.62. The lowest BCUT2D eigenvalue weighted by Crippen LogP contribution is -2.23. The molecule has 0 heterocycles. The van der Waals surface area contributed by atoms with Crippen LogP contribution in [0.2, 0.25) is 0 Å². The van der Waals surface area contributed by atoms with E-state index in [-0.39, 0.29) is 5.75 Å². The van der Waals surface area contributed by atoms with Crippen molar-refractivity contribution in [2.45, 2.75) is 13.5 Å². The van der Waals surface area contributed by atoms with Gasteiger partial charge < -0.3 is 15.2 Å². The van der Waals surface area contributed by atoms with Gasteiger partial charge in [0.15, 0.2) is 0 Å². The summed E-state index contributed by atoms with van der Waals surface area (Å²) in [5.41, 5.74) is 0.832. The number of hydrogen-bond donors (Lipinski definition) is 2. The molecule has 0 aliphatic heterocycles. The predicted octanol–water partition coefficient (Wildman–Crippen LogP) is 1.64. The first-order chi connectivity index (χ1) is 6.72. The molecule has 0 saturated carbocycles. The number of nitrogens with one attached hydrogen (secondary N) is 1. The number of hydrogen-bond acceptors (Lipinski definition) is 3. The van der Waals surface area contributed by atoms with Crippen LogP contribution in [0, 0.1) is 0 Å². The molecule has 14 heavy (non-hydrogen) atoms. The van der Waals surface area contributed by atoms with Gasteiger partial charge in [0.05, 0.1) is 6.61 Å². The van der Waals surface area contributed by atoms with Crippen LogP contribution in [0.4, 0.5) is 4.79 Å². The van der Waals surface area contributed by atoms with E-state index >= 15 is 0 Å². The van der Waals surface area contributed by atoms with Crippen molar-refractivity contribution in [2.24, 2.45) is 0 Å². The van der Waals surface area contributed by atoms with E-state index in [1.807, 2.05) is 6.07 Å². The van der Waals surface area contributed by atoms with Gasteiger partial charge in [-0.15, -0.1) is 0 Å². The van der Waals surface area contributed by atoms with Gasteiger partial charge in [0, 0.05) is 6.54 Å². The molecule has 0 aromatic heterocycles. The van der Waals surface area contributed by atoms with Crippen molar-refractivity contribution in [2.75, 3.05) is 6.61 Å². The zero-order valence-electron chi connectivity index (χ0n) is 7.99. The van der Waals surface area contributed by atoms with Crippen molar-refractivity contribution in [1.82, 2.24) is 5.32 Å². The molecule has 1 amide bonds. The maximum Gasteiger partial charge on any atom is 0.407 e. The molecule has 0 aliphatic rings. The second-order valence-corrected chi connectivity index (χ2v) is 2.74. The highest BCUT2D eigenvalue weighted by molar-refractivity contribution is 5.67. The van der Waals surface area contributed by atoms with Crippen molar-refractivity contribution in [1.29, 1.82) is 0 Å². The molecule has 0 fully saturated rings. The van der Waals surface area contributed by atoms with Crippen LogP contribution in [-0.2, 0) is 11.3 Å².